The van der Waals surface area contributed by atoms with Crippen LogP contribution in [0.3, 0.4) is 0 Å². The first-order chi connectivity index (χ1) is 14.7. The summed E-state index contributed by atoms with van der Waals surface area (Å²) in [6, 6.07) is 22.8. The second-order valence-corrected chi connectivity index (χ2v) is 8.43. The smallest absolute Gasteiger partial charge is 0.124 e. The number of nitrogens with one attached hydrogen (secondary N) is 2. The Balaban J connectivity index is 1.28. The molecule has 0 atom stereocenters. The van der Waals surface area contributed by atoms with Crippen LogP contribution in [-0.4, -0.2) is 16.5 Å². The first-order valence-electron chi connectivity index (χ1n) is 10.3. The van der Waals surface area contributed by atoms with Crippen molar-refractivity contribution in [2.45, 2.75) is 32.9 Å². The Kier molecular flexibility index (Phi) is 6.82. The number of fused-ring (bicyclic) bond motifs is 1. The minimum Gasteiger partial charge on any atom is -0.489 e. The summed E-state index contributed by atoms with van der Waals surface area (Å²) in [5.41, 5.74) is 5.72. The minimum absolute atomic E-state index is 0.572. The minimum atomic E-state index is 0.572. The molecule has 1 aromatic heterocycles. The van der Waals surface area contributed by atoms with Gasteiger partial charge in [-0.05, 0) is 55.8 Å². The van der Waals surface area contributed by atoms with Crippen LogP contribution in [0.2, 0.25) is 0 Å². The number of nitrogens with zero attached hydrogens (tertiary/aromatic N) is 1. The van der Waals surface area contributed by atoms with Crippen molar-refractivity contribution in [1.82, 2.24) is 15.3 Å². The van der Waals surface area contributed by atoms with Gasteiger partial charge in [0.2, 0.25) is 0 Å². The number of imidazole rings is 1. The number of rotatable bonds is 9. The third-order valence-corrected chi connectivity index (χ3v) is 5.51. The van der Waals surface area contributed by atoms with E-state index in [-0.39, 0.29) is 0 Å². The highest BCUT2D eigenvalue weighted by Gasteiger charge is 2.06. The predicted octanol–water partition coefficient (Wildman–Crippen LogP) is 5.94. The lowest BCUT2D eigenvalue weighted by Gasteiger charge is -2.13. The molecule has 0 amide bonds. The Morgan fingerprint density at radius 2 is 1.93 bits per heavy atom. The monoisotopic (exact) mass is 463 g/mol. The van der Waals surface area contributed by atoms with E-state index in [4.69, 9.17) is 4.74 Å². The molecule has 3 aromatic carbocycles. The number of benzene rings is 3. The molecule has 0 aliphatic carbocycles. The van der Waals surface area contributed by atoms with Gasteiger partial charge in [0.1, 0.15) is 18.2 Å². The van der Waals surface area contributed by atoms with Crippen molar-refractivity contribution in [3.8, 4) is 5.75 Å². The Morgan fingerprint density at radius 1 is 1.03 bits per heavy atom. The molecule has 4 rings (SSSR count). The third kappa shape index (κ3) is 5.49. The standard InChI is InChI=1S/C25H26BrN3O/c1-18-6-4-7-19(14-18)17-30-24-12-11-21(26)15-20(24)16-27-13-5-10-25-28-22-8-2-3-9-23(22)29-25/h2-4,6-9,11-12,14-15,27H,5,10,13,16-17H2,1H3,(H,28,29). The molecule has 4 nitrogen and oxygen atoms in total. The van der Waals surface area contributed by atoms with Crippen molar-refractivity contribution < 1.29 is 4.74 Å². The normalized spacial score (nSPS) is 11.1. The van der Waals surface area contributed by atoms with E-state index >= 15 is 0 Å². The van der Waals surface area contributed by atoms with Crippen LogP contribution in [0.15, 0.2) is 71.2 Å². The maximum atomic E-state index is 6.12. The number of hydrogen-bond donors (Lipinski definition) is 2. The molecule has 0 aliphatic heterocycles. The number of halogens is 1. The van der Waals surface area contributed by atoms with Crippen molar-refractivity contribution in [3.05, 3.63) is 93.7 Å². The molecular formula is C25H26BrN3O. The summed E-state index contributed by atoms with van der Waals surface area (Å²) in [4.78, 5) is 8.04. The van der Waals surface area contributed by atoms with Gasteiger partial charge in [0.25, 0.3) is 0 Å². The van der Waals surface area contributed by atoms with E-state index in [1.165, 1.54) is 11.1 Å². The molecule has 0 aliphatic rings. The van der Waals surface area contributed by atoms with E-state index < -0.39 is 0 Å². The predicted molar refractivity (Wildman–Crippen MR) is 126 cm³/mol. The highest BCUT2D eigenvalue weighted by molar-refractivity contribution is 9.10. The van der Waals surface area contributed by atoms with Crippen molar-refractivity contribution >= 4 is 27.0 Å². The quantitative estimate of drug-likeness (QED) is 0.302. The Morgan fingerprint density at radius 3 is 2.80 bits per heavy atom. The molecule has 0 bridgehead atoms. The Bertz CT molecular complexity index is 1090. The summed E-state index contributed by atoms with van der Waals surface area (Å²) < 4.78 is 7.18. The molecule has 1 heterocycles. The maximum Gasteiger partial charge on any atom is 0.124 e. The van der Waals surface area contributed by atoms with Gasteiger partial charge in [-0.3, -0.25) is 0 Å². The number of aromatic nitrogens is 2. The van der Waals surface area contributed by atoms with E-state index in [0.29, 0.717) is 6.61 Å². The van der Waals surface area contributed by atoms with Crippen LogP contribution in [0.5, 0.6) is 5.75 Å². The highest BCUT2D eigenvalue weighted by atomic mass is 79.9. The van der Waals surface area contributed by atoms with E-state index in [2.05, 4.69) is 74.5 Å². The molecule has 0 saturated heterocycles. The molecular weight excluding hydrogens is 438 g/mol. The Labute approximate surface area is 185 Å². The summed E-state index contributed by atoms with van der Waals surface area (Å²) in [5.74, 6) is 1.96. The number of aryl methyl sites for hydroxylation is 2. The summed E-state index contributed by atoms with van der Waals surface area (Å²) in [5, 5.41) is 3.54. The van der Waals surface area contributed by atoms with E-state index in [1.54, 1.807) is 0 Å². The van der Waals surface area contributed by atoms with Gasteiger partial charge in [0, 0.05) is 23.0 Å². The van der Waals surface area contributed by atoms with E-state index in [9.17, 15) is 0 Å². The fraction of sp³-hybridized carbons (Fsp3) is 0.240. The number of H-pyrrole nitrogens is 1. The zero-order valence-corrected chi connectivity index (χ0v) is 18.7. The first kappa shape index (κ1) is 20.6. The average molecular weight is 464 g/mol. The highest BCUT2D eigenvalue weighted by Crippen LogP contribution is 2.24. The van der Waals surface area contributed by atoms with Crippen molar-refractivity contribution in [1.29, 1.82) is 0 Å². The van der Waals surface area contributed by atoms with Crippen LogP contribution < -0.4 is 10.1 Å². The van der Waals surface area contributed by atoms with Gasteiger partial charge in [0.15, 0.2) is 0 Å². The van der Waals surface area contributed by atoms with E-state index in [0.717, 1.165) is 58.6 Å². The van der Waals surface area contributed by atoms with E-state index in [1.807, 2.05) is 30.3 Å². The van der Waals surface area contributed by atoms with Gasteiger partial charge in [0.05, 0.1) is 11.0 Å². The van der Waals surface area contributed by atoms with Crippen LogP contribution in [0.25, 0.3) is 11.0 Å². The van der Waals surface area contributed by atoms with Crippen LogP contribution in [-0.2, 0) is 19.6 Å². The fourth-order valence-corrected chi connectivity index (χ4v) is 3.93. The Hall–Kier alpha value is -2.63. The lowest BCUT2D eigenvalue weighted by atomic mass is 10.1. The third-order valence-electron chi connectivity index (χ3n) is 5.02. The topological polar surface area (TPSA) is 49.9 Å². The molecule has 154 valence electrons. The van der Waals surface area contributed by atoms with Gasteiger partial charge in [-0.2, -0.15) is 0 Å². The van der Waals surface area contributed by atoms with Gasteiger partial charge in [-0.1, -0.05) is 57.9 Å². The summed E-state index contributed by atoms with van der Waals surface area (Å²) >= 11 is 3.58. The molecule has 4 aromatic rings. The fourth-order valence-electron chi connectivity index (χ4n) is 3.52. The van der Waals surface area contributed by atoms with Crippen LogP contribution in [0.1, 0.15) is 28.9 Å². The van der Waals surface area contributed by atoms with Gasteiger partial charge in [-0.25, -0.2) is 4.98 Å². The average Bonchev–Trinajstić information content (AvgIpc) is 3.16. The van der Waals surface area contributed by atoms with Crippen LogP contribution >= 0.6 is 15.9 Å². The first-order valence-corrected chi connectivity index (χ1v) is 11.1. The molecule has 2 N–H and O–H groups in total. The molecule has 0 fully saturated rings. The second-order valence-electron chi connectivity index (χ2n) is 7.51. The lowest BCUT2D eigenvalue weighted by molar-refractivity contribution is 0.302. The van der Waals surface area contributed by atoms with Crippen LogP contribution in [0.4, 0.5) is 0 Å². The van der Waals surface area contributed by atoms with Crippen molar-refractivity contribution in [2.75, 3.05) is 6.54 Å². The van der Waals surface area contributed by atoms with Crippen molar-refractivity contribution in [3.63, 3.8) is 0 Å². The summed E-state index contributed by atoms with van der Waals surface area (Å²) in [7, 11) is 0. The van der Waals surface area contributed by atoms with Crippen LogP contribution in [0, 0.1) is 6.92 Å². The molecule has 30 heavy (non-hydrogen) atoms. The largest absolute Gasteiger partial charge is 0.489 e. The molecule has 5 heteroatoms. The van der Waals surface area contributed by atoms with Gasteiger partial charge >= 0.3 is 0 Å². The second kappa shape index (κ2) is 9.92. The number of hydrogen-bond acceptors (Lipinski definition) is 3. The molecule has 0 spiro atoms. The lowest BCUT2D eigenvalue weighted by Crippen LogP contribution is -2.16. The zero-order chi connectivity index (χ0) is 20.8. The van der Waals surface area contributed by atoms with Crippen molar-refractivity contribution in [2.24, 2.45) is 0 Å². The SMILES string of the molecule is Cc1cccc(COc2ccc(Br)cc2CNCCCc2nc3ccccc3[nH]2)c1. The maximum absolute atomic E-state index is 6.12. The molecule has 0 unspecified atom stereocenters. The summed E-state index contributed by atoms with van der Waals surface area (Å²) in [6.07, 6.45) is 1.95. The molecule has 0 radical (unpaired) electrons. The number of aromatic amines is 1. The summed E-state index contributed by atoms with van der Waals surface area (Å²) in [6.45, 7) is 4.36. The number of para-hydroxylation sites is 2. The zero-order valence-electron chi connectivity index (χ0n) is 17.1. The number of ether oxygens (including phenoxy) is 1. The van der Waals surface area contributed by atoms with Gasteiger partial charge < -0.3 is 15.0 Å². The molecule has 0 saturated carbocycles. The van der Waals surface area contributed by atoms with Gasteiger partial charge in [-0.15, -0.1) is 0 Å².